The van der Waals surface area contributed by atoms with Gasteiger partial charge in [0.2, 0.25) is 0 Å². The smallest absolute Gasteiger partial charge is 0.128 e. The van der Waals surface area contributed by atoms with Gasteiger partial charge in [0, 0.05) is 28.7 Å². The molecular weight excluding hydrogens is 319 g/mol. The van der Waals surface area contributed by atoms with Crippen molar-refractivity contribution in [2.75, 3.05) is 19.6 Å². The van der Waals surface area contributed by atoms with Crippen molar-refractivity contribution in [1.82, 2.24) is 10.2 Å². The van der Waals surface area contributed by atoms with Gasteiger partial charge in [-0.15, -0.1) is 0 Å². The molecule has 0 bridgehead atoms. The van der Waals surface area contributed by atoms with Crippen molar-refractivity contribution >= 4 is 15.9 Å². The second-order valence-electron chi connectivity index (χ2n) is 6.21. The first-order chi connectivity index (χ1) is 9.67. The van der Waals surface area contributed by atoms with E-state index in [1.807, 2.05) is 12.1 Å². The molecule has 0 unspecified atom stereocenters. The summed E-state index contributed by atoms with van der Waals surface area (Å²) in [6, 6.07) is 5.40. The van der Waals surface area contributed by atoms with E-state index in [0.717, 1.165) is 42.6 Å². The highest BCUT2D eigenvalue weighted by molar-refractivity contribution is 9.10. The molecule has 0 aromatic heterocycles. The summed E-state index contributed by atoms with van der Waals surface area (Å²) in [4.78, 5) is 2.43. The highest BCUT2D eigenvalue weighted by Gasteiger charge is 2.36. The summed E-state index contributed by atoms with van der Waals surface area (Å²) in [6.45, 7) is 3.94. The Morgan fingerprint density at radius 2 is 2.05 bits per heavy atom. The largest absolute Gasteiger partial charge is 0.310 e. The molecule has 1 aromatic rings. The van der Waals surface area contributed by atoms with E-state index in [-0.39, 0.29) is 5.82 Å². The first-order valence-electron chi connectivity index (χ1n) is 7.58. The Kier molecular flexibility index (Phi) is 4.43. The van der Waals surface area contributed by atoms with Crippen LogP contribution in [0.25, 0.3) is 0 Å². The molecule has 1 aromatic carbocycles. The predicted octanol–water partition coefficient (Wildman–Crippen LogP) is 3.70. The fourth-order valence-electron chi connectivity index (χ4n) is 3.63. The van der Waals surface area contributed by atoms with E-state index in [1.165, 1.54) is 25.7 Å². The fourth-order valence-corrected chi connectivity index (χ4v) is 3.96. The Labute approximate surface area is 128 Å². The van der Waals surface area contributed by atoms with E-state index < -0.39 is 0 Å². The van der Waals surface area contributed by atoms with Gasteiger partial charge >= 0.3 is 0 Å². The van der Waals surface area contributed by atoms with Crippen LogP contribution in [-0.4, -0.2) is 30.1 Å². The van der Waals surface area contributed by atoms with E-state index in [1.54, 1.807) is 6.07 Å². The fraction of sp³-hybridized carbons (Fsp3) is 0.625. The maximum Gasteiger partial charge on any atom is 0.128 e. The van der Waals surface area contributed by atoms with Crippen LogP contribution in [0.1, 0.15) is 37.7 Å². The van der Waals surface area contributed by atoms with Gasteiger partial charge in [-0.2, -0.15) is 0 Å². The summed E-state index contributed by atoms with van der Waals surface area (Å²) in [5.41, 5.74) is 1.10. The maximum atomic E-state index is 14.0. The maximum absolute atomic E-state index is 14.0. The third-order valence-corrected chi connectivity index (χ3v) is 5.14. The summed E-state index contributed by atoms with van der Waals surface area (Å²) < 4.78 is 14.8. The van der Waals surface area contributed by atoms with E-state index in [0.29, 0.717) is 5.54 Å². The average Bonchev–Trinajstić information content (AvgIpc) is 2.76. The number of hydrogen-bond donors (Lipinski definition) is 1. The topological polar surface area (TPSA) is 15.3 Å². The molecule has 1 aliphatic heterocycles. The van der Waals surface area contributed by atoms with Gasteiger partial charge in [0.25, 0.3) is 0 Å². The van der Waals surface area contributed by atoms with E-state index in [9.17, 15) is 4.39 Å². The number of nitrogens with zero attached hydrogens (tertiary/aromatic N) is 1. The van der Waals surface area contributed by atoms with Crippen molar-refractivity contribution in [2.45, 2.75) is 44.2 Å². The molecule has 0 atom stereocenters. The molecule has 2 nitrogen and oxygen atoms in total. The summed E-state index contributed by atoms with van der Waals surface area (Å²) in [6.07, 6.45) is 6.35. The van der Waals surface area contributed by atoms with Crippen LogP contribution < -0.4 is 5.32 Å². The normalized spacial score (nSPS) is 23.1. The third-order valence-electron chi connectivity index (χ3n) is 4.65. The minimum atomic E-state index is -0.1000. The van der Waals surface area contributed by atoms with Crippen LogP contribution in [0.2, 0.25) is 0 Å². The molecule has 110 valence electrons. The molecule has 1 aliphatic carbocycles. The highest BCUT2D eigenvalue weighted by Crippen LogP contribution is 2.32. The van der Waals surface area contributed by atoms with Crippen molar-refractivity contribution in [1.29, 1.82) is 0 Å². The molecule has 2 aliphatic rings. The van der Waals surface area contributed by atoms with Crippen LogP contribution in [0.3, 0.4) is 0 Å². The standard InChI is InChI=1S/C16H22BrFN2/c17-14-5-4-13(15(18)10-14)11-20-9-3-8-19-16(12-20)6-1-2-7-16/h4-5,10,19H,1-3,6-9,11-12H2. The monoisotopic (exact) mass is 340 g/mol. The minimum absolute atomic E-state index is 0.1000. The van der Waals surface area contributed by atoms with E-state index in [4.69, 9.17) is 0 Å². The zero-order valence-corrected chi connectivity index (χ0v) is 13.4. The van der Waals surface area contributed by atoms with Gasteiger partial charge < -0.3 is 5.32 Å². The van der Waals surface area contributed by atoms with E-state index >= 15 is 0 Å². The van der Waals surface area contributed by atoms with Crippen molar-refractivity contribution in [3.05, 3.63) is 34.1 Å². The quantitative estimate of drug-likeness (QED) is 0.883. The van der Waals surface area contributed by atoms with Crippen LogP contribution in [0.5, 0.6) is 0 Å². The Morgan fingerprint density at radius 1 is 1.25 bits per heavy atom. The van der Waals surface area contributed by atoms with Crippen LogP contribution in [0.4, 0.5) is 4.39 Å². The summed E-state index contributed by atoms with van der Waals surface area (Å²) in [5, 5.41) is 3.75. The molecule has 1 saturated heterocycles. The second kappa shape index (κ2) is 6.12. The molecule has 2 fully saturated rings. The Hall–Kier alpha value is -0.450. The van der Waals surface area contributed by atoms with Crippen LogP contribution in [0, 0.1) is 5.82 Å². The Morgan fingerprint density at radius 3 is 2.80 bits per heavy atom. The van der Waals surface area contributed by atoms with Gasteiger partial charge in [0.05, 0.1) is 0 Å². The molecule has 4 heteroatoms. The SMILES string of the molecule is Fc1cc(Br)ccc1CN1CCCNC2(CCCC2)C1. The van der Waals surface area contributed by atoms with Crippen LogP contribution in [0.15, 0.2) is 22.7 Å². The molecule has 0 radical (unpaired) electrons. The summed E-state index contributed by atoms with van der Waals surface area (Å²) >= 11 is 3.32. The first-order valence-corrected chi connectivity index (χ1v) is 8.38. The zero-order chi connectivity index (χ0) is 14.0. The van der Waals surface area contributed by atoms with Gasteiger partial charge in [-0.25, -0.2) is 4.39 Å². The molecule has 3 rings (SSSR count). The lowest BCUT2D eigenvalue weighted by molar-refractivity contribution is 0.201. The first kappa shape index (κ1) is 14.5. The molecule has 1 saturated carbocycles. The second-order valence-corrected chi connectivity index (χ2v) is 7.13. The summed E-state index contributed by atoms with van der Waals surface area (Å²) in [7, 11) is 0. The van der Waals surface area contributed by atoms with Gasteiger partial charge in [-0.1, -0.05) is 34.8 Å². The minimum Gasteiger partial charge on any atom is -0.310 e. The van der Waals surface area contributed by atoms with Gasteiger partial charge in [-0.3, -0.25) is 4.90 Å². The van der Waals surface area contributed by atoms with Gasteiger partial charge in [0.15, 0.2) is 0 Å². The Bertz CT molecular complexity index is 472. The summed E-state index contributed by atoms with van der Waals surface area (Å²) in [5.74, 6) is -0.1000. The predicted molar refractivity (Wildman–Crippen MR) is 83.2 cm³/mol. The number of benzene rings is 1. The molecule has 0 amide bonds. The molecule has 1 spiro atoms. The van der Waals surface area contributed by atoms with Gasteiger partial charge in [-0.05, 0) is 44.5 Å². The lowest BCUT2D eigenvalue weighted by Gasteiger charge is -2.33. The van der Waals surface area contributed by atoms with Crippen molar-refractivity contribution in [2.24, 2.45) is 0 Å². The average molecular weight is 341 g/mol. The highest BCUT2D eigenvalue weighted by atomic mass is 79.9. The molecule has 1 N–H and O–H groups in total. The molecule has 1 heterocycles. The molecular formula is C16H22BrFN2. The van der Waals surface area contributed by atoms with E-state index in [2.05, 4.69) is 26.1 Å². The number of rotatable bonds is 2. The number of halogens is 2. The van der Waals surface area contributed by atoms with Crippen LogP contribution in [-0.2, 0) is 6.54 Å². The molecule has 20 heavy (non-hydrogen) atoms. The van der Waals surface area contributed by atoms with Crippen molar-refractivity contribution in [3.8, 4) is 0 Å². The van der Waals surface area contributed by atoms with Crippen molar-refractivity contribution in [3.63, 3.8) is 0 Å². The van der Waals surface area contributed by atoms with Gasteiger partial charge in [0.1, 0.15) is 5.82 Å². The lowest BCUT2D eigenvalue weighted by Crippen LogP contribution is -2.49. The van der Waals surface area contributed by atoms with Crippen molar-refractivity contribution < 1.29 is 4.39 Å². The lowest BCUT2D eigenvalue weighted by atomic mass is 9.97. The van der Waals surface area contributed by atoms with Crippen LogP contribution >= 0.6 is 15.9 Å². The zero-order valence-electron chi connectivity index (χ0n) is 11.8. The third kappa shape index (κ3) is 3.23. The number of nitrogens with one attached hydrogen (secondary N) is 1. The Balaban J connectivity index is 1.72. The number of hydrogen-bond acceptors (Lipinski definition) is 2.